The Morgan fingerprint density at radius 2 is 2.17 bits per heavy atom. The number of rotatable bonds is 7. The van der Waals surface area contributed by atoms with Gasteiger partial charge in [0, 0.05) is 24.2 Å². The molecule has 0 aliphatic carbocycles. The van der Waals surface area contributed by atoms with Crippen molar-refractivity contribution in [3.05, 3.63) is 41.9 Å². The van der Waals surface area contributed by atoms with E-state index in [4.69, 9.17) is 5.73 Å². The average molecular weight is 331 g/mol. The molecule has 2 aromatic heterocycles. The molecule has 6 nitrogen and oxygen atoms in total. The highest BCUT2D eigenvalue weighted by atomic mass is 32.2. The van der Waals surface area contributed by atoms with Gasteiger partial charge in [-0.15, -0.1) is 11.8 Å². The Morgan fingerprint density at radius 1 is 1.35 bits per heavy atom. The second kappa shape index (κ2) is 8.47. The monoisotopic (exact) mass is 331 g/mol. The van der Waals surface area contributed by atoms with Gasteiger partial charge in [-0.05, 0) is 30.5 Å². The van der Waals surface area contributed by atoms with Crippen LogP contribution in [0.1, 0.15) is 30.0 Å². The molecule has 0 aliphatic rings. The summed E-state index contributed by atoms with van der Waals surface area (Å²) in [4.78, 5) is 24.6. The van der Waals surface area contributed by atoms with Crippen LogP contribution in [0.25, 0.3) is 0 Å². The Morgan fingerprint density at radius 3 is 2.87 bits per heavy atom. The highest BCUT2D eigenvalue weighted by Gasteiger charge is 2.11. The number of hydrogen-bond donors (Lipinski definition) is 2. The van der Waals surface area contributed by atoms with Gasteiger partial charge in [0.25, 0.3) is 5.91 Å². The molecular weight excluding hydrogens is 310 g/mol. The van der Waals surface area contributed by atoms with Crippen LogP contribution in [0.2, 0.25) is 0 Å². The van der Waals surface area contributed by atoms with Crippen LogP contribution >= 0.6 is 11.8 Å². The summed E-state index contributed by atoms with van der Waals surface area (Å²) in [6.07, 6.45) is 2.52. The first-order valence-corrected chi connectivity index (χ1v) is 8.48. The van der Waals surface area contributed by atoms with Gasteiger partial charge in [-0.3, -0.25) is 4.79 Å². The number of carbonyl (C=O) groups excluding carboxylic acids is 1. The number of hydrogen-bond acceptors (Lipinski definition) is 6. The molecule has 3 N–H and O–H groups in total. The number of anilines is 1. The average Bonchev–Trinajstić information content (AvgIpc) is 2.51. The number of nitrogens with two attached hydrogens (primary N) is 1. The van der Waals surface area contributed by atoms with E-state index in [0.717, 1.165) is 22.9 Å². The zero-order chi connectivity index (χ0) is 16.7. The van der Waals surface area contributed by atoms with Gasteiger partial charge in [0.05, 0.1) is 5.03 Å². The fourth-order valence-electron chi connectivity index (χ4n) is 2.00. The number of nitrogen functional groups attached to an aromatic ring is 1. The predicted molar refractivity (Wildman–Crippen MR) is 92.3 cm³/mol. The van der Waals surface area contributed by atoms with Gasteiger partial charge < -0.3 is 11.1 Å². The van der Waals surface area contributed by atoms with Gasteiger partial charge in [-0.25, -0.2) is 15.0 Å². The third-order valence-electron chi connectivity index (χ3n) is 2.92. The third-order valence-corrected chi connectivity index (χ3v) is 3.87. The lowest BCUT2D eigenvalue weighted by Crippen LogP contribution is -2.27. The standard InChI is InChI=1S/C16H21N5OS/c1-11(2)9-12-10-13(21-16(17)20-12)15(22)19-7-8-23-14-5-3-4-6-18-14/h3-6,10-11H,7-9H2,1-2H3,(H,19,22)(H2,17,20,21). The Bertz CT molecular complexity index is 648. The van der Waals surface area contributed by atoms with E-state index in [0.29, 0.717) is 18.2 Å². The molecule has 122 valence electrons. The van der Waals surface area contributed by atoms with Crippen LogP contribution in [0.15, 0.2) is 35.5 Å². The Kier molecular flexibility index (Phi) is 6.34. The Labute approximate surface area is 140 Å². The van der Waals surface area contributed by atoms with Gasteiger partial charge in [0.15, 0.2) is 0 Å². The van der Waals surface area contributed by atoms with E-state index in [-0.39, 0.29) is 11.9 Å². The van der Waals surface area contributed by atoms with E-state index in [1.54, 1.807) is 24.0 Å². The van der Waals surface area contributed by atoms with Crippen molar-refractivity contribution < 1.29 is 4.79 Å². The molecule has 1 amide bonds. The lowest BCUT2D eigenvalue weighted by molar-refractivity contribution is 0.0951. The van der Waals surface area contributed by atoms with E-state index < -0.39 is 0 Å². The topological polar surface area (TPSA) is 93.8 Å². The molecule has 0 saturated carbocycles. The van der Waals surface area contributed by atoms with Crippen LogP contribution in [-0.4, -0.2) is 33.2 Å². The van der Waals surface area contributed by atoms with Crippen molar-refractivity contribution in [3.8, 4) is 0 Å². The van der Waals surface area contributed by atoms with Crippen molar-refractivity contribution in [2.45, 2.75) is 25.3 Å². The summed E-state index contributed by atoms with van der Waals surface area (Å²) in [6, 6.07) is 7.46. The second-order valence-corrected chi connectivity index (χ2v) is 6.59. The normalized spacial score (nSPS) is 10.7. The van der Waals surface area contributed by atoms with Gasteiger partial charge in [0.1, 0.15) is 5.69 Å². The van der Waals surface area contributed by atoms with Crippen LogP contribution in [0.3, 0.4) is 0 Å². The second-order valence-electron chi connectivity index (χ2n) is 5.47. The largest absolute Gasteiger partial charge is 0.368 e. The van der Waals surface area contributed by atoms with Crippen LogP contribution < -0.4 is 11.1 Å². The number of amides is 1. The molecule has 0 aliphatic heterocycles. The highest BCUT2D eigenvalue weighted by molar-refractivity contribution is 7.99. The number of nitrogens with one attached hydrogen (secondary N) is 1. The predicted octanol–water partition coefficient (Wildman–Crippen LogP) is 2.17. The van der Waals surface area contributed by atoms with E-state index >= 15 is 0 Å². The van der Waals surface area contributed by atoms with Crippen LogP contribution in [-0.2, 0) is 6.42 Å². The fourth-order valence-corrected chi connectivity index (χ4v) is 2.72. The van der Waals surface area contributed by atoms with Crippen molar-refractivity contribution in [2.75, 3.05) is 18.0 Å². The molecule has 2 heterocycles. The minimum absolute atomic E-state index is 0.135. The van der Waals surface area contributed by atoms with Crippen LogP contribution in [0.5, 0.6) is 0 Å². The number of nitrogens with zero attached hydrogens (tertiary/aromatic N) is 3. The molecule has 23 heavy (non-hydrogen) atoms. The first-order valence-electron chi connectivity index (χ1n) is 7.50. The van der Waals surface area contributed by atoms with Gasteiger partial charge >= 0.3 is 0 Å². The number of pyridine rings is 1. The van der Waals surface area contributed by atoms with Gasteiger partial charge in [-0.1, -0.05) is 19.9 Å². The maximum Gasteiger partial charge on any atom is 0.270 e. The van der Waals surface area contributed by atoms with Crippen molar-refractivity contribution >= 4 is 23.6 Å². The zero-order valence-electron chi connectivity index (χ0n) is 13.3. The summed E-state index contributed by atoms with van der Waals surface area (Å²) in [5.74, 6) is 1.08. The summed E-state index contributed by atoms with van der Waals surface area (Å²) in [5.41, 5.74) is 6.80. The fraction of sp³-hybridized carbons (Fsp3) is 0.375. The molecule has 7 heteroatoms. The maximum atomic E-state index is 12.2. The lowest BCUT2D eigenvalue weighted by atomic mass is 10.1. The SMILES string of the molecule is CC(C)Cc1cc(C(=O)NCCSc2ccccn2)nc(N)n1. The summed E-state index contributed by atoms with van der Waals surface area (Å²) < 4.78 is 0. The molecule has 0 radical (unpaired) electrons. The lowest BCUT2D eigenvalue weighted by Gasteiger charge is -2.08. The first kappa shape index (κ1) is 17.2. The van der Waals surface area contributed by atoms with E-state index in [1.807, 2.05) is 18.2 Å². The minimum Gasteiger partial charge on any atom is -0.368 e. The first-order chi connectivity index (χ1) is 11.0. The van der Waals surface area contributed by atoms with E-state index in [9.17, 15) is 4.79 Å². The van der Waals surface area contributed by atoms with Crippen molar-refractivity contribution in [3.63, 3.8) is 0 Å². The number of thioether (sulfide) groups is 1. The molecule has 0 bridgehead atoms. The van der Waals surface area contributed by atoms with Gasteiger partial charge in [-0.2, -0.15) is 0 Å². The molecule has 0 fully saturated rings. The van der Waals surface area contributed by atoms with Crippen molar-refractivity contribution in [1.82, 2.24) is 20.3 Å². The molecule has 0 atom stereocenters. The molecular formula is C16H21N5OS. The quantitative estimate of drug-likeness (QED) is 0.596. The van der Waals surface area contributed by atoms with Crippen LogP contribution in [0.4, 0.5) is 5.95 Å². The summed E-state index contributed by atoms with van der Waals surface area (Å²) in [5, 5.41) is 3.78. The summed E-state index contributed by atoms with van der Waals surface area (Å²) in [6.45, 7) is 4.71. The Balaban J connectivity index is 1.86. The number of carbonyl (C=O) groups is 1. The third kappa shape index (κ3) is 5.86. The van der Waals surface area contributed by atoms with Crippen LogP contribution in [0, 0.1) is 5.92 Å². The van der Waals surface area contributed by atoms with E-state index in [1.165, 1.54) is 0 Å². The molecule has 2 rings (SSSR count). The smallest absolute Gasteiger partial charge is 0.270 e. The zero-order valence-corrected chi connectivity index (χ0v) is 14.1. The number of aromatic nitrogens is 3. The summed E-state index contributed by atoms with van der Waals surface area (Å²) >= 11 is 1.59. The van der Waals surface area contributed by atoms with Gasteiger partial charge in [0.2, 0.25) is 5.95 Å². The summed E-state index contributed by atoms with van der Waals surface area (Å²) in [7, 11) is 0. The maximum absolute atomic E-state index is 12.2. The molecule has 0 aromatic carbocycles. The minimum atomic E-state index is -0.231. The molecule has 0 saturated heterocycles. The van der Waals surface area contributed by atoms with Crippen molar-refractivity contribution in [1.29, 1.82) is 0 Å². The molecule has 0 unspecified atom stereocenters. The van der Waals surface area contributed by atoms with Crippen molar-refractivity contribution in [2.24, 2.45) is 5.92 Å². The Hall–Kier alpha value is -2.15. The highest BCUT2D eigenvalue weighted by Crippen LogP contribution is 2.13. The molecule has 0 spiro atoms. The molecule has 2 aromatic rings. The van der Waals surface area contributed by atoms with E-state index in [2.05, 4.69) is 34.1 Å².